The minimum atomic E-state index is -0.307. The van der Waals surface area contributed by atoms with Crippen molar-refractivity contribution in [2.24, 2.45) is 0 Å². The summed E-state index contributed by atoms with van der Waals surface area (Å²) in [6.07, 6.45) is 1.48. The molecular formula is C16H15ClO. The summed E-state index contributed by atoms with van der Waals surface area (Å²) in [7, 11) is 0. The fraction of sp³-hybridized carbons (Fsp3) is 0.250. The molecule has 0 amide bonds. The molecule has 0 bridgehead atoms. The molecule has 2 aromatic carbocycles. The first-order valence-electron chi connectivity index (χ1n) is 6.25. The monoisotopic (exact) mass is 258 g/mol. The summed E-state index contributed by atoms with van der Waals surface area (Å²) in [5.41, 5.74) is 3.66. The summed E-state index contributed by atoms with van der Waals surface area (Å²) in [5, 5.41) is 10.8. The summed E-state index contributed by atoms with van der Waals surface area (Å²) in [6.45, 7) is 0. The Bertz CT molecular complexity index is 547. The number of rotatable bonds is 2. The zero-order chi connectivity index (χ0) is 12.5. The van der Waals surface area contributed by atoms with Crippen molar-refractivity contribution in [1.82, 2.24) is 0 Å². The van der Waals surface area contributed by atoms with Gasteiger partial charge < -0.3 is 5.11 Å². The van der Waals surface area contributed by atoms with Gasteiger partial charge in [-0.1, -0.05) is 48.0 Å². The summed E-state index contributed by atoms with van der Waals surface area (Å²) in [5.74, 6) is 0.414. The van der Waals surface area contributed by atoms with Gasteiger partial charge in [-0.3, -0.25) is 0 Å². The van der Waals surface area contributed by atoms with E-state index in [2.05, 4.69) is 18.2 Å². The molecule has 0 radical (unpaired) electrons. The lowest BCUT2D eigenvalue weighted by atomic mass is 9.94. The first-order valence-corrected chi connectivity index (χ1v) is 6.63. The van der Waals surface area contributed by atoms with E-state index in [0.29, 0.717) is 5.92 Å². The van der Waals surface area contributed by atoms with Gasteiger partial charge in [0.05, 0.1) is 6.10 Å². The van der Waals surface area contributed by atoms with Gasteiger partial charge in [0.15, 0.2) is 0 Å². The van der Waals surface area contributed by atoms with Gasteiger partial charge in [0.25, 0.3) is 0 Å². The molecule has 1 nitrogen and oxygen atoms in total. The molecule has 0 fully saturated rings. The predicted molar refractivity (Wildman–Crippen MR) is 73.9 cm³/mol. The molecular weight excluding hydrogens is 244 g/mol. The summed E-state index contributed by atoms with van der Waals surface area (Å²) >= 11 is 5.89. The molecule has 0 aliphatic heterocycles. The van der Waals surface area contributed by atoms with Crippen molar-refractivity contribution in [1.29, 1.82) is 0 Å². The maximum Gasteiger partial charge on any atom is 0.0798 e. The molecule has 2 atom stereocenters. The van der Waals surface area contributed by atoms with Crippen LogP contribution in [0.4, 0.5) is 0 Å². The lowest BCUT2D eigenvalue weighted by Gasteiger charge is -2.11. The van der Waals surface area contributed by atoms with Crippen molar-refractivity contribution in [3.05, 3.63) is 70.2 Å². The fourth-order valence-electron chi connectivity index (χ4n) is 2.81. The molecule has 1 N–H and O–H groups in total. The van der Waals surface area contributed by atoms with Crippen LogP contribution in [0.15, 0.2) is 48.5 Å². The van der Waals surface area contributed by atoms with E-state index >= 15 is 0 Å². The third kappa shape index (κ3) is 2.16. The van der Waals surface area contributed by atoms with Crippen molar-refractivity contribution in [3.63, 3.8) is 0 Å². The highest BCUT2D eigenvalue weighted by Gasteiger charge is 2.28. The SMILES string of the molecule is OC1CC(Cc2ccc(Cl)cc2)c2ccccc21. The normalized spacial score (nSPS) is 21.9. The van der Waals surface area contributed by atoms with Crippen LogP contribution in [0.25, 0.3) is 0 Å². The van der Waals surface area contributed by atoms with Crippen LogP contribution in [0, 0.1) is 0 Å². The molecule has 1 aliphatic rings. The van der Waals surface area contributed by atoms with Crippen molar-refractivity contribution in [2.75, 3.05) is 0 Å². The molecule has 0 spiro atoms. The van der Waals surface area contributed by atoms with Gasteiger partial charge in [0.2, 0.25) is 0 Å². The largest absolute Gasteiger partial charge is 0.388 e. The average molecular weight is 259 g/mol. The standard InChI is InChI=1S/C16H15ClO/c17-13-7-5-11(6-8-13)9-12-10-16(18)15-4-2-1-3-14(12)15/h1-8,12,16,18H,9-10H2. The zero-order valence-electron chi connectivity index (χ0n) is 10.0. The van der Waals surface area contributed by atoms with Crippen LogP contribution in [0.2, 0.25) is 5.02 Å². The number of hydrogen-bond donors (Lipinski definition) is 1. The van der Waals surface area contributed by atoms with Gasteiger partial charge in [-0.15, -0.1) is 0 Å². The van der Waals surface area contributed by atoms with Crippen molar-refractivity contribution < 1.29 is 5.11 Å². The van der Waals surface area contributed by atoms with Crippen LogP contribution in [0.1, 0.15) is 35.1 Å². The van der Waals surface area contributed by atoms with Gasteiger partial charge in [0.1, 0.15) is 0 Å². The van der Waals surface area contributed by atoms with E-state index in [1.807, 2.05) is 30.3 Å². The van der Waals surface area contributed by atoms with E-state index in [4.69, 9.17) is 11.6 Å². The Labute approximate surface area is 112 Å². The van der Waals surface area contributed by atoms with E-state index in [9.17, 15) is 5.11 Å². The number of fused-ring (bicyclic) bond motifs is 1. The Morgan fingerprint density at radius 3 is 2.39 bits per heavy atom. The summed E-state index contributed by atoms with van der Waals surface area (Å²) in [6, 6.07) is 16.2. The van der Waals surface area contributed by atoms with Gasteiger partial charge in [-0.2, -0.15) is 0 Å². The van der Waals surface area contributed by atoms with E-state index in [1.54, 1.807) is 0 Å². The van der Waals surface area contributed by atoms with Crippen LogP contribution >= 0.6 is 11.6 Å². The number of aliphatic hydroxyl groups excluding tert-OH is 1. The second kappa shape index (κ2) is 4.75. The molecule has 0 heterocycles. The zero-order valence-corrected chi connectivity index (χ0v) is 10.8. The van der Waals surface area contributed by atoms with Gasteiger partial charge in [-0.25, -0.2) is 0 Å². The molecule has 0 aromatic heterocycles. The van der Waals surface area contributed by atoms with Crippen molar-refractivity contribution >= 4 is 11.6 Å². The Hall–Kier alpha value is -1.31. The quantitative estimate of drug-likeness (QED) is 0.860. The molecule has 2 aromatic rings. The lowest BCUT2D eigenvalue weighted by molar-refractivity contribution is 0.173. The third-order valence-electron chi connectivity index (χ3n) is 3.70. The third-order valence-corrected chi connectivity index (χ3v) is 3.95. The fourth-order valence-corrected chi connectivity index (χ4v) is 2.93. The smallest absolute Gasteiger partial charge is 0.0798 e. The highest BCUT2D eigenvalue weighted by atomic mass is 35.5. The molecule has 2 unspecified atom stereocenters. The molecule has 1 aliphatic carbocycles. The van der Waals surface area contributed by atoms with E-state index in [-0.39, 0.29) is 6.10 Å². The summed E-state index contributed by atoms with van der Waals surface area (Å²) in [4.78, 5) is 0. The van der Waals surface area contributed by atoms with Crippen LogP contribution in [-0.2, 0) is 6.42 Å². The molecule has 2 heteroatoms. The Morgan fingerprint density at radius 2 is 1.67 bits per heavy atom. The first kappa shape index (κ1) is 11.8. The van der Waals surface area contributed by atoms with Gasteiger partial charge in [-0.05, 0) is 47.6 Å². The number of benzene rings is 2. The second-order valence-corrected chi connectivity index (χ2v) is 5.34. The van der Waals surface area contributed by atoms with Crippen LogP contribution in [0.3, 0.4) is 0 Å². The maximum atomic E-state index is 10.1. The molecule has 3 rings (SSSR count). The Morgan fingerprint density at radius 1 is 1.00 bits per heavy atom. The Balaban J connectivity index is 1.85. The average Bonchev–Trinajstić information content (AvgIpc) is 2.70. The first-order chi connectivity index (χ1) is 8.74. The highest BCUT2D eigenvalue weighted by molar-refractivity contribution is 6.30. The number of halogens is 1. The lowest BCUT2D eigenvalue weighted by Crippen LogP contribution is -1.98. The van der Waals surface area contributed by atoms with Crippen molar-refractivity contribution in [3.8, 4) is 0 Å². The topological polar surface area (TPSA) is 20.2 Å². The van der Waals surface area contributed by atoms with Gasteiger partial charge >= 0.3 is 0 Å². The van der Waals surface area contributed by atoms with E-state index in [1.165, 1.54) is 11.1 Å². The van der Waals surface area contributed by atoms with Crippen LogP contribution in [-0.4, -0.2) is 5.11 Å². The highest BCUT2D eigenvalue weighted by Crippen LogP contribution is 2.41. The van der Waals surface area contributed by atoms with E-state index in [0.717, 1.165) is 23.4 Å². The number of aliphatic hydroxyl groups is 1. The number of hydrogen-bond acceptors (Lipinski definition) is 1. The molecule has 92 valence electrons. The minimum Gasteiger partial charge on any atom is -0.388 e. The Kier molecular flexibility index (Phi) is 3.11. The minimum absolute atomic E-state index is 0.307. The van der Waals surface area contributed by atoms with Crippen LogP contribution in [0.5, 0.6) is 0 Å². The van der Waals surface area contributed by atoms with Crippen LogP contribution < -0.4 is 0 Å². The van der Waals surface area contributed by atoms with Gasteiger partial charge in [0, 0.05) is 5.02 Å². The molecule has 0 saturated carbocycles. The predicted octanol–water partition coefficient (Wildman–Crippen LogP) is 4.10. The van der Waals surface area contributed by atoms with E-state index < -0.39 is 0 Å². The molecule has 0 saturated heterocycles. The van der Waals surface area contributed by atoms with Crippen molar-refractivity contribution in [2.45, 2.75) is 24.9 Å². The molecule has 18 heavy (non-hydrogen) atoms. The maximum absolute atomic E-state index is 10.1. The second-order valence-electron chi connectivity index (χ2n) is 4.91. The summed E-state index contributed by atoms with van der Waals surface area (Å²) < 4.78 is 0.